The number of non-ortho nitro benzene ring substituents is 1. The van der Waals surface area contributed by atoms with Gasteiger partial charge in [-0.3, -0.25) is 14.9 Å². The summed E-state index contributed by atoms with van der Waals surface area (Å²) in [6.07, 6.45) is 3.58. The van der Waals surface area contributed by atoms with Crippen molar-refractivity contribution in [2.24, 2.45) is 0 Å². The normalized spacial score (nSPS) is 15.2. The third kappa shape index (κ3) is 3.77. The molecule has 3 aromatic rings. The highest BCUT2D eigenvalue weighted by molar-refractivity contribution is 6.31. The molecule has 0 bridgehead atoms. The quantitative estimate of drug-likeness (QED) is 0.509. The van der Waals surface area contributed by atoms with Gasteiger partial charge >= 0.3 is 0 Å². The zero-order valence-corrected chi connectivity index (χ0v) is 16.2. The number of carbonyl (C=O) groups is 1. The molecular weight excluding hydrogens is 396 g/mol. The molecule has 148 valence electrons. The van der Waals surface area contributed by atoms with Crippen molar-refractivity contribution in [3.05, 3.63) is 69.8 Å². The summed E-state index contributed by atoms with van der Waals surface area (Å²) in [6, 6.07) is 9.89. The minimum absolute atomic E-state index is 0.0481. The number of carbonyl (C=O) groups excluding carboxylic acids is 1. The lowest BCUT2D eigenvalue weighted by Gasteiger charge is -2.24. The monoisotopic (exact) mass is 412 g/mol. The van der Waals surface area contributed by atoms with Gasteiger partial charge in [0.1, 0.15) is 12.7 Å². The number of nitro benzene ring substituents is 1. The zero-order valence-electron chi connectivity index (χ0n) is 15.4. The van der Waals surface area contributed by atoms with Crippen molar-refractivity contribution in [1.29, 1.82) is 0 Å². The summed E-state index contributed by atoms with van der Waals surface area (Å²) < 4.78 is 1.54. The highest BCUT2D eigenvalue weighted by Gasteiger charge is 2.29. The minimum Gasteiger partial charge on any atom is -0.359 e. The van der Waals surface area contributed by atoms with Crippen LogP contribution in [0.3, 0.4) is 0 Å². The van der Waals surface area contributed by atoms with Crippen LogP contribution in [0.25, 0.3) is 5.69 Å². The lowest BCUT2D eigenvalue weighted by Crippen LogP contribution is -2.37. The van der Waals surface area contributed by atoms with E-state index < -0.39 is 4.92 Å². The maximum absolute atomic E-state index is 12.8. The molecule has 1 aliphatic rings. The lowest BCUT2D eigenvalue weighted by atomic mass is 10.1. The molecule has 2 aromatic carbocycles. The van der Waals surface area contributed by atoms with Crippen molar-refractivity contribution in [3.63, 3.8) is 0 Å². The molecule has 0 spiro atoms. The Kier molecular flexibility index (Phi) is 4.89. The molecule has 0 fully saturated rings. The van der Waals surface area contributed by atoms with E-state index in [1.807, 2.05) is 11.8 Å². The number of hydrogen-bond acceptors (Lipinski definition) is 6. The van der Waals surface area contributed by atoms with E-state index in [2.05, 4.69) is 15.4 Å². The molecule has 1 aliphatic heterocycles. The molecule has 0 saturated carbocycles. The van der Waals surface area contributed by atoms with Crippen molar-refractivity contribution >= 4 is 34.6 Å². The standard InChI is InChI=1S/C19H17ClN6O3/c1-12-6-13-7-15(26(28)29)3-5-17(13)24(12)9-19(27)23-16-8-14(20)2-4-18(16)25-11-21-10-22-25/h2-5,7-8,10-12H,6,9H2,1H3,(H,23,27). The fourth-order valence-corrected chi connectivity index (χ4v) is 3.69. The highest BCUT2D eigenvalue weighted by atomic mass is 35.5. The van der Waals surface area contributed by atoms with Gasteiger partial charge in [0.25, 0.3) is 5.69 Å². The van der Waals surface area contributed by atoms with Crippen LogP contribution in [0.1, 0.15) is 12.5 Å². The van der Waals surface area contributed by atoms with Crippen LogP contribution in [0.2, 0.25) is 5.02 Å². The predicted molar refractivity (Wildman–Crippen MR) is 109 cm³/mol. The molecule has 0 radical (unpaired) electrons. The van der Waals surface area contributed by atoms with Gasteiger partial charge in [-0.05, 0) is 43.2 Å². The first-order chi connectivity index (χ1) is 13.9. The van der Waals surface area contributed by atoms with Crippen molar-refractivity contribution in [3.8, 4) is 5.69 Å². The van der Waals surface area contributed by atoms with E-state index in [4.69, 9.17) is 11.6 Å². The smallest absolute Gasteiger partial charge is 0.269 e. The number of fused-ring (bicyclic) bond motifs is 1. The van der Waals surface area contributed by atoms with Crippen LogP contribution in [0, 0.1) is 10.1 Å². The maximum Gasteiger partial charge on any atom is 0.269 e. The van der Waals surface area contributed by atoms with E-state index in [-0.39, 0.29) is 24.2 Å². The first-order valence-corrected chi connectivity index (χ1v) is 9.28. The van der Waals surface area contributed by atoms with Gasteiger partial charge in [-0.25, -0.2) is 9.67 Å². The second-order valence-corrected chi connectivity index (χ2v) is 7.24. The first kappa shape index (κ1) is 18.9. The summed E-state index contributed by atoms with van der Waals surface area (Å²) in [5, 5.41) is 18.5. The lowest BCUT2D eigenvalue weighted by molar-refractivity contribution is -0.384. The van der Waals surface area contributed by atoms with Gasteiger partial charge < -0.3 is 10.2 Å². The fraction of sp³-hybridized carbons (Fsp3) is 0.211. The van der Waals surface area contributed by atoms with Crippen LogP contribution in [0.15, 0.2) is 49.1 Å². The molecule has 10 heteroatoms. The van der Waals surface area contributed by atoms with E-state index in [1.165, 1.54) is 18.7 Å². The van der Waals surface area contributed by atoms with E-state index in [0.29, 0.717) is 22.8 Å². The summed E-state index contributed by atoms with van der Waals surface area (Å²) in [7, 11) is 0. The SMILES string of the molecule is CC1Cc2cc([N+](=O)[O-])ccc2N1CC(=O)Nc1cc(Cl)ccc1-n1cncn1. The number of aromatic nitrogens is 3. The minimum atomic E-state index is -0.412. The number of halogens is 1. The number of hydrogen-bond donors (Lipinski definition) is 1. The Morgan fingerprint density at radius 1 is 1.31 bits per heavy atom. The third-order valence-electron chi connectivity index (χ3n) is 4.84. The molecule has 9 nitrogen and oxygen atoms in total. The highest BCUT2D eigenvalue weighted by Crippen LogP contribution is 2.34. The molecule has 29 heavy (non-hydrogen) atoms. The molecule has 0 saturated heterocycles. The molecule has 1 aromatic heterocycles. The van der Waals surface area contributed by atoms with Crippen molar-refractivity contribution in [2.45, 2.75) is 19.4 Å². The Balaban J connectivity index is 1.55. The van der Waals surface area contributed by atoms with Crippen molar-refractivity contribution in [2.75, 3.05) is 16.8 Å². The largest absolute Gasteiger partial charge is 0.359 e. The van der Waals surface area contributed by atoms with Gasteiger partial charge in [0.15, 0.2) is 0 Å². The predicted octanol–water partition coefficient (Wildman–Crippen LogP) is 3.22. The van der Waals surface area contributed by atoms with Gasteiger partial charge in [-0.15, -0.1) is 0 Å². The van der Waals surface area contributed by atoms with Gasteiger partial charge in [0.2, 0.25) is 5.91 Å². The number of amides is 1. The second-order valence-electron chi connectivity index (χ2n) is 6.80. The molecule has 2 heterocycles. The van der Waals surface area contributed by atoms with E-state index >= 15 is 0 Å². The van der Waals surface area contributed by atoms with E-state index in [0.717, 1.165) is 11.3 Å². The average molecular weight is 413 g/mol. The summed E-state index contributed by atoms with van der Waals surface area (Å²) in [6.45, 7) is 2.09. The summed E-state index contributed by atoms with van der Waals surface area (Å²) in [4.78, 5) is 29.2. The summed E-state index contributed by atoms with van der Waals surface area (Å²) >= 11 is 6.10. The fourth-order valence-electron chi connectivity index (χ4n) is 3.52. The molecular formula is C19H17ClN6O3. The summed E-state index contributed by atoms with van der Waals surface area (Å²) in [5.74, 6) is -0.230. The number of nitrogens with one attached hydrogen (secondary N) is 1. The molecule has 0 aliphatic carbocycles. The Labute approximate surface area is 171 Å². The first-order valence-electron chi connectivity index (χ1n) is 8.91. The van der Waals surface area contributed by atoms with Crippen LogP contribution >= 0.6 is 11.6 Å². The van der Waals surface area contributed by atoms with Crippen molar-refractivity contribution in [1.82, 2.24) is 14.8 Å². The molecule has 1 unspecified atom stereocenters. The number of anilines is 2. The van der Waals surface area contributed by atoms with Crippen molar-refractivity contribution < 1.29 is 9.72 Å². The van der Waals surface area contributed by atoms with E-state index in [1.54, 1.807) is 35.0 Å². The van der Waals surface area contributed by atoms with Gasteiger partial charge in [-0.1, -0.05) is 11.6 Å². The number of nitro groups is 1. The van der Waals surface area contributed by atoms with Crippen LogP contribution in [-0.2, 0) is 11.2 Å². The molecule has 1 N–H and O–H groups in total. The number of benzene rings is 2. The van der Waals surface area contributed by atoms with Gasteiger partial charge in [-0.2, -0.15) is 5.10 Å². The number of rotatable bonds is 5. The third-order valence-corrected chi connectivity index (χ3v) is 5.08. The summed E-state index contributed by atoms with van der Waals surface area (Å²) in [5.41, 5.74) is 2.92. The average Bonchev–Trinajstić information content (AvgIpc) is 3.30. The maximum atomic E-state index is 12.8. The van der Waals surface area contributed by atoms with Gasteiger partial charge in [0, 0.05) is 28.9 Å². The zero-order chi connectivity index (χ0) is 20.5. The Morgan fingerprint density at radius 3 is 2.83 bits per heavy atom. The Hall–Kier alpha value is -3.46. The Bertz CT molecular complexity index is 1090. The Morgan fingerprint density at radius 2 is 2.10 bits per heavy atom. The topological polar surface area (TPSA) is 106 Å². The van der Waals surface area contributed by atoms with Gasteiger partial charge in [0.05, 0.1) is 22.8 Å². The van der Waals surface area contributed by atoms with Crippen LogP contribution < -0.4 is 10.2 Å². The molecule has 4 rings (SSSR count). The van der Waals surface area contributed by atoms with Crippen LogP contribution in [0.4, 0.5) is 17.1 Å². The molecule has 1 amide bonds. The second kappa shape index (κ2) is 7.51. The van der Waals surface area contributed by atoms with Crippen LogP contribution in [0.5, 0.6) is 0 Å². The van der Waals surface area contributed by atoms with E-state index in [9.17, 15) is 14.9 Å². The number of nitrogens with zero attached hydrogens (tertiary/aromatic N) is 5. The van der Waals surface area contributed by atoms with Crippen LogP contribution in [-0.4, -0.2) is 38.2 Å². The molecule has 1 atom stereocenters.